The van der Waals surface area contributed by atoms with Gasteiger partial charge in [-0.05, 0) is 37.3 Å². The first-order chi connectivity index (χ1) is 9.47. The highest BCUT2D eigenvalue weighted by molar-refractivity contribution is 7.14. The lowest BCUT2D eigenvalue weighted by molar-refractivity contribution is -0.140. The molecule has 1 heterocycles. The number of fused-ring (bicyclic) bond motifs is 1. The molecule has 0 fully saturated rings. The Bertz CT molecular complexity index is 511. The Balaban J connectivity index is 2.19. The zero-order valence-electron chi connectivity index (χ0n) is 10.8. The maximum Gasteiger partial charge on any atom is 0.323 e. The summed E-state index contributed by atoms with van der Waals surface area (Å²) < 4.78 is 0. The minimum atomic E-state index is -1.22. The van der Waals surface area contributed by atoms with E-state index in [1.54, 1.807) is 6.07 Å². The van der Waals surface area contributed by atoms with Crippen LogP contribution in [0.3, 0.4) is 0 Å². The topological polar surface area (TPSA) is 94.9 Å². The number of carboxylic acid groups (broad SMARTS) is 2. The van der Waals surface area contributed by atoms with Crippen LogP contribution in [0.25, 0.3) is 0 Å². The van der Waals surface area contributed by atoms with Gasteiger partial charge >= 0.3 is 11.9 Å². The molecule has 108 valence electrons. The fraction of sp³-hybridized carbons (Fsp3) is 0.462. The standard InChI is InChI=1S/C13H15NO5S/c15-11(16)6-14(7-12(17)18)13(19)10-5-8-3-1-2-4-9(8)20-10/h5H,1-4,6-7H2,(H,15,16)(H,17,18). The average Bonchev–Trinajstić information content (AvgIpc) is 2.79. The zero-order chi connectivity index (χ0) is 14.7. The highest BCUT2D eigenvalue weighted by Crippen LogP contribution is 2.30. The van der Waals surface area contributed by atoms with Crippen LogP contribution >= 0.6 is 11.3 Å². The van der Waals surface area contributed by atoms with E-state index >= 15 is 0 Å². The summed E-state index contributed by atoms with van der Waals surface area (Å²) in [5.74, 6) is -2.96. The molecule has 0 unspecified atom stereocenters. The van der Waals surface area contributed by atoms with E-state index in [4.69, 9.17) is 10.2 Å². The quantitative estimate of drug-likeness (QED) is 0.852. The van der Waals surface area contributed by atoms with Crippen molar-refractivity contribution in [2.75, 3.05) is 13.1 Å². The molecule has 1 aliphatic rings. The van der Waals surface area contributed by atoms with Gasteiger partial charge in [0.15, 0.2) is 0 Å². The van der Waals surface area contributed by atoms with Gasteiger partial charge in [0.25, 0.3) is 5.91 Å². The van der Waals surface area contributed by atoms with E-state index in [1.807, 2.05) is 0 Å². The molecule has 7 heteroatoms. The van der Waals surface area contributed by atoms with E-state index in [-0.39, 0.29) is 0 Å². The monoisotopic (exact) mass is 297 g/mol. The highest BCUT2D eigenvalue weighted by atomic mass is 32.1. The molecule has 0 spiro atoms. The van der Waals surface area contributed by atoms with Crippen LogP contribution in [0.2, 0.25) is 0 Å². The molecule has 0 atom stereocenters. The number of amides is 1. The number of carbonyl (C=O) groups is 3. The Labute approximate surface area is 119 Å². The van der Waals surface area contributed by atoms with Crippen molar-refractivity contribution in [1.29, 1.82) is 0 Å². The second-order valence-corrected chi connectivity index (χ2v) is 5.85. The summed E-state index contributed by atoms with van der Waals surface area (Å²) in [5.41, 5.74) is 1.13. The van der Waals surface area contributed by atoms with Crippen LogP contribution in [0.5, 0.6) is 0 Å². The SMILES string of the molecule is O=C(O)CN(CC(=O)O)C(=O)c1cc2c(s1)CCCC2. The first kappa shape index (κ1) is 14.5. The van der Waals surface area contributed by atoms with E-state index in [0.717, 1.165) is 41.0 Å². The molecule has 0 saturated heterocycles. The molecular weight excluding hydrogens is 282 g/mol. The van der Waals surface area contributed by atoms with Crippen LogP contribution in [0, 0.1) is 0 Å². The van der Waals surface area contributed by atoms with Gasteiger partial charge in [0.05, 0.1) is 4.88 Å². The van der Waals surface area contributed by atoms with Gasteiger partial charge in [0.2, 0.25) is 0 Å². The van der Waals surface area contributed by atoms with Gasteiger partial charge in [-0.25, -0.2) is 0 Å². The number of hydrogen-bond acceptors (Lipinski definition) is 4. The maximum absolute atomic E-state index is 12.2. The van der Waals surface area contributed by atoms with E-state index in [1.165, 1.54) is 11.3 Å². The number of carbonyl (C=O) groups excluding carboxylic acids is 1. The molecule has 20 heavy (non-hydrogen) atoms. The first-order valence-electron chi connectivity index (χ1n) is 6.32. The zero-order valence-corrected chi connectivity index (χ0v) is 11.6. The highest BCUT2D eigenvalue weighted by Gasteiger charge is 2.24. The summed E-state index contributed by atoms with van der Waals surface area (Å²) in [6.45, 7) is -1.21. The van der Waals surface area contributed by atoms with Crippen LogP contribution in [0.15, 0.2) is 6.07 Å². The van der Waals surface area contributed by atoms with Crippen molar-refractivity contribution in [3.05, 3.63) is 21.4 Å². The second kappa shape index (κ2) is 6.04. The smallest absolute Gasteiger partial charge is 0.323 e. The Morgan fingerprint density at radius 2 is 1.70 bits per heavy atom. The summed E-state index contributed by atoms with van der Waals surface area (Å²) in [5, 5.41) is 17.5. The molecule has 1 aromatic heterocycles. The van der Waals surface area contributed by atoms with Gasteiger partial charge in [0.1, 0.15) is 13.1 Å². The minimum Gasteiger partial charge on any atom is -0.480 e. The van der Waals surface area contributed by atoms with Crippen molar-refractivity contribution >= 4 is 29.2 Å². The van der Waals surface area contributed by atoms with Gasteiger partial charge < -0.3 is 15.1 Å². The molecule has 1 amide bonds. The minimum absolute atomic E-state index is 0.430. The molecule has 0 saturated carbocycles. The number of rotatable bonds is 5. The third-order valence-corrected chi connectivity index (χ3v) is 4.37. The lowest BCUT2D eigenvalue weighted by Crippen LogP contribution is -2.39. The predicted octanol–water partition coefficient (Wildman–Crippen LogP) is 1.24. The number of hydrogen-bond donors (Lipinski definition) is 2. The maximum atomic E-state index is 12.2. The molecule has 0 radical (unpaired) electrons. The normalized spacial score (nSPS) is 13.6. The van der Waals surface area contributed by atoms with Crippen molar-refractivity contribution < 1.29 is 24.6 Å². The van der Waals surface area contributed by atoms with Crippen LogP contribution < -0.4 is 0 Å². The van der Waals surface area contributed by atoms with E-state index in [0.29, 0.717) is 4.88 Å². The number of aliphatic carboxylic acids is 2. The molecule has 2 rings (SSSR count). The van der Waals surface area contributed by atoms with E-state index in [2.05, 4.69) is 0 Å². The van der Waals surface area contributed by atoms with Crippen molar-refractivity contribution in [1.82, 2.24) is 4.90 Å². The van der Waals surface area contributed by atoms with Crippen LogP contribution in [-0.4, -0.2) is 46.0 Å². The van der Waals surface area contributed by atoms with Gasteiger partial charge in [-0.2, -0.15) is 0 Å². The first-order valence-corrected chi connectivity index (χ1v) is 7.13. The van der Waals surface area contributed by atoms with Crippen LogP contribution in [0.4, 0.5) is 0 Å². The lowest BCUT2D eigenvalue weighted by Gasteiger charge is -2.17. The Morgan fingerprint density at radius 3 is 2.25 bits per heavy atom. The molecule has 1 aromatic rings. The van der Waals surface area contributed by atoms with Crippen molar-refractivity contribution in [2.45, 2.75) is 25.7 Å². The fourth-order valence-electron chi connectivity index (χ4n) is 2.28. The summed E-state index contributed by atoms with van der Waals surface area (Å²) in [6.07, 6.45) is 4.04. The molecule has 0 aliphatic heterocycles. The number of aryl methyl sites for hydroxylation is 2. The van der Waals surface area contributed by atoms with Crippen LogP contribution in [0.1, 0.15) is 33.0 Å². The third-order valence-electron chi connectivity index (χ3n) is 3.15. The Kier molecular flexibility index (Phi) is 4.39. The molecule has 1 aliphatic carbocycles. The molecule has 6 nitrogen and oxygen atoms in total. The fourth-order valence-corrected chi connectivity index (χ4v) is 3.50. The van der Waals surface area contributed by atoms with Gasteiger partial charge in [0, 0.05) is 4.88 Å². The van der Waals surface area contributed by atoms with Gasteiger partial charge in [-0.15, -0.1) is 11.3 Å². The predicted molar refractivity (Wildman–Crippen MR) is 72.1 cm³/mol. The van der Waals surface area contributed by atoms with E-state index < -0.39 is 30.9 Å². The van der Waals surface area contributed by atoms with Crippen molar-refractivity contribution in [2.24, 2.45) is 0 Å². The lowest BCUT2D eigenvalue weighted by atomic mass is 9.99. The van der Waals surface area contributed by atoms with Gasteiger partial charge in [-0.3, -0.25) is 14.4 Å². The summed E-state index contributed by atoms with van der Waals surface area (Å²) in [7, 11) is 0. The van der Waals surface area contributed by atoms with Crippen LogP contribution in [-0.2, 0) is 22.4 Å². The number of carboxylic acids is 2. The second-order valence-electron chi connectivity index (χ2n) is 4.71. The average molecular weight is 297 g/mol. The van der Waals surface area contributed by atoms with Gasteiger partial charge in [-0.1, -0.05) is 0 Å². The summed E-state index contributed by atoms with van der Waals surface area (Å²) >= 11 is 1.35. The van der Waals surface area contributed by atoms with Crippen molar-refractivity contribution in [3.63, 3.8) is 0 Å². The van der Waals surface area contributed by atoms with Crippen molar-refractivity contribution in [3.8, 4) is 0 Å². The summed E-state index contributed by atoms with van der Waals surface area (Å²) in [4.78, 5) is 36.2. The Morgan fingerprint density at radius 1 is 1.10 bits per heavy atom. The largest absolute Gasteiger partial charge is 0.480 e. The Hall–Kier alpha value is -1.89. The molecular formula is C13H15NO5S. The number of thiophene rings is 1. The number of nitrogens with zero attached hydrogens (tertiary/aromatic N) is 1. The van der Waals surface area contributed by atoms with E-state index in [9.17, 15) is 14.4 Å². The third kappa shape index (κ3) is 3.36. The molecule has 0 aromatic carbocycles. The molecule has 0 bridgehead atoms. The molecule has 2 N–H and O–H groups in total. The summed E-state index contributed by atoms with van der Waals surface area (Å²) in [6, 6.07) is 1.78.